The van der Waals surface area contributed by atoms with Gasteiger partial charge in [-0.2, -0.15) is 6.07 Å². The molecule has 0 bridgehead atoms. The molecule has 0 unspecified atom stereocenters. The van der Waals surface area contributed by atoms with E-state index in [1.54, 1.807) is 0 Å². The second kappa shape index (κ2) is 10.9. The van der Waals surface area contributed by atoms with Crippen LogP contribution in [0.25, 0.3) is 60.5 Å². The SMILES string of the molecule is CC(C)c1ccc(-n2c3[c-]c(Oc4[c-]c5c(cc4)oc4ccc6cc(C(C)C)cnc6c45)ccc3c3ccccc32)nc1.[Pt+2]. The van der Waals surface area contributed by atoms with Gasteiger partial charge in [0.25, 0.3) is 0 Å². The molecule has 8 aromatic rings. The first kappa shape index (κ1) is 28.3. The number of nitrogens with zero attached hydrogens (tertiary/aromatic N) is 3. The molecule has 8 rings (SSSR count). The monoisotopic (exact) mass is 754 g/mol. The zero-order chi connectivity index (χ0) is 29.2. The molecular formula is C38H29N3O2Pt. The van der Waals surface area contributed by atoms with Gasteiger partial charge >= 0.3 is 21.1 Å². The van der Waals surface area contributed by atoms with Gasteiger partial charge in [0.1, 0.15) is 5.82 Å². The number of hydrogen-bond acceptors (Lipinski definition) is 4. The third kappa shape index (κ3) is 4.58. The van der Waals surface area contributed by atoms with E-state index in [9.17, 15) is 0 Å². The summed E-state index contributed by atoms with van der Waals surface area (Å²) in [6.07, 6.45) is 3.92. The van der Waals surface area contributed by atoms with E-state index in [-0.39, 0.29) is 21.1 Å². The van der Waals surface area contributed by atoms with Crippen LogP contribution in [0.5, 0.6) is 11.5 Å². The fraction of sp³-hybridized carbons (Fsp3) is 0.158. The molecule has 0 radical (unpaired) electrons. The maximum atomic E-state index is 6.41. The van der Waals surface area contributed by atoms with E-state index < -0.39 is 0 Å². The summed E-state index contributed by atoms with van der Waals surface area (Å²) < 4.78 is 14.7. The summed E-state index contributed by atoms with van der Waals surface area (Å²) in [6.45, 7) is 8.71. The number of aromatic nitrogens is 3. The molecule has 0 fully saturated rings. The number of furan rings is 1. The van der Waals surface area contributed by atoms with Crippen LogP contribution in [-0.4, -0.2) is 14.5 Å². The van der Waals surface area contributed by atoms with Crippen LogP contribution in [0.1, 0.15) is 50.7 Å². The summed E-state index contributed by atoms with van der Waals surface area (Å²) in [5, 5.41) is 5.13. The van der Waals surface area contributed by atoms with Crippen LogP contribution in [0.4, 0.5) is 0 Å². The molecule has 0 amide bonds. The van der Waals surface area contributed by atoms with E-state index in [1.807, 2.05) is 36.7 Å². The number of fused-ring (bicyclic) bond motifs is 8. The number of hydrogen-bond donors (Lipinski definition) is 0. The molecule has 0 aliphatic heterocycles. The minimum absolute atomic E-state index is 0. The van der Waals surface area contributed by atoms with Crippen LogP contribution in [0.3, 0.4) is 0 Å². The predicted octanol–water partition coefficient (Wildman–Crippen LogP) is 10.3. The van der Waals surface area contributed by atoms with Crippen molar-refractivity contribution >= 4 is 54.6 Å². The van der Waals surface area contributed by atoms with E-state index in [0.29, 0.717) is 23.3 Å². The first-order valence-electron chi connectivity index (χ1n) is 14.7. The molecule has 0 N–H and O–H groups in total. The zero-order valence-corrected chi connectivity index (χ0v) is 27.1. The van der Waals surface area contributed by atoms with Crippen molar-refractivity contribution < 1.29 is 30.2 Å². The Bertz CT molecular complexity index is 2330. The van der Waals surface area contributed by atoms with Crippen molar-refractivity contribution in [1.29, 1.82) is 0 Å². The van der Waals surface area contributed by atoms with Crippen LogP contribution < -0.4 is 4.74 Å². The van der Waals surface area contributed by atoms with E-state index in [2.05, 4.69) is 99.0 Å². The van der Waals surface area contributed by atoms with Gasteiger partial charge in [0.15, 0.2) is 0 Å². The topological polar surface area (TPSA) is 53.1 Å². The molecule has 4 heterocycles. The summed E-state index contributed by atoms with van der Waals surface area (Å²) in [5.41, 5.74) is 6.85. The zero-order valence-electron chi connectivity index (χ0n) is 24.8. The Hall–Kier alpha value is -4.47. The molecule has 5 nitrogen and oxygen atoms in total. The quantitative estimate of drug-likeness (QED) is 0.164. The van der Waals surface area contributed by atoms with Crippen molar-refractivity contribution in [2.45, 2.75) is 39.5 Å². The number of rotatable bonds is 5. The van der Waals surface area contributed by atoms with Gasteiger partial charge in [0.05, 0.1) is 5.58 Å². The van der Waals surface area contributed by atoms with Gasteiger partial charge in [-0.15, -0.1) is 17.5 Å². The average molecular weight is 755 g/mol. The van der Waals surface area contributed by atoms with Crippen LogP contribution in [0.15, 0.2) is 95.7 Å². The molecule has 0 saturated heterocycles. The smallest absolute Gasteiger partial charge is 0.510 e. The fourth-order valence-corrected chi connectivity index (χ4v) is 5.91. The number of ether oxygens (including phenoxy) is 1. The van der Waals surface area contributed by atoms with E-state index in [0.717, 1.165) is 60.5 Å². The van der Waals surface area contributed by atoms with Gasteiger partial charge in [-0.3, -0.25) is 4.98 Å². The normalized spacial score (nSPS) is 11.9. The summed E-state index contributed by atoms with van der Waals surface area (Å²) in [7, 11) is 0. The van der Waals surface area contributed by atoms with Gasteiger partial charge in [-0.1, -0.05) is 87.1 Å². The van der Waals surface area contributed by atoms with E-state index in [1.165, 1.54) is 11.1 Å². The Balaban J connectivity index is 0.00000312. The molecule has 0 atom stereocenters. The van der Waals surface area contributed by atoms with Gasteiger partial charge in [-0.25, -0.2) is 4.98 Å². The Kier molecular flexibility index (Phi) is 7.02. The molecule has 4 aromatic heterocycles. The number of para-hydroxylation sites is 1. The largest absolute Gasteiger partial charge is 2.00 e. The van der Waals surface area contributed by atoms with Crippen molar-refractivity contribution in [2.75, 3.05) is 0 Å². The molecule has 6 heteroatoms. The van der Waals surface area contributed by atoms with Crippen molar-refractivity contribution in [3.63, 3.8) is 0 Å². The van der Waals surface area contributed by atoms with Gasteiger partial charge < -0.3 is 13.7 Å². The molecule has 4 aromatic carbocycles. The molecule has 0 aliphatic carbocycles. The van der Waals surface area contributed by atoms with Gasteiger partial charge in [-0.05, 0) is 63.4 Å². The van der Waals surface area contributed by atoms with E-state index >= 15 is 0 Å². The van der Waals surface area contributed by atoms with Crippen LogP contribution in [-0.2, 0) is 21.1 Å². The molecular weight excluding hydrogens is 726 g/mol. The van der Waals surface area contributed by atoms with Crippen LogP contribution in [0.2, 0.25) is 0 Å². The Morgan fingerprint density at radius 2 is 1.48 bits per heavy atom. The van der Waals surface area contributed by atoms with Crippen molar-refractivity contribution in [1.82, 2.24) is 14.5 Å². The standard InChI is InChI=1S/C38H29N3O2.Pt/c1-22(2)25-10-16-36(39-20-25)41-32-8-6-5-7-29(32)30-13-11-28(19-33(30)41)42-27-12-15-34-31(18-27)37-35(43-34)14-9-24-17-26(23(3)4)21-40-38(24)37;/h5-17,20-23H,1-4H3;/q-2;+2. The third-order valence-corrected chi connectivity index (χ3v) is 8.30. The van der Waals surface area contributed by atoms with Gasteiger partial charge in [0.2, 0.25) is 0 Å². The Morgan fingerprint density at radius 3 is 2.27 bits per heavy atom. The number of benzene rings is 4. The molecule has 0 spiro atoms. The molecule has 0 saturated carbocycles. The molecule has 218 valence electrons. The summed E-state index contributed by atoms with van der Waals surface area (Å²) in [5.74, 6) is 2.86. The van der Waals surface area contributed by atoms with E-state index in [4.69, 9.17) is 19.1 Å². The Labute approximate surface area is 269 Å². The molecule has 0 aliphatic rings. The second-order valence-electron chi connectivity index (χ2n) is 11.7. The minimum atomic E-state index is 0. The fourth-order valence-electron chi connectivity index (χ4n) is 5.91. The van der Waals surface area contributed by atoms with Crippen LogP contribution >= 0.6 is 0 Å². The second-order valence-corrected chi connectivity index (χ2v) is 11.7. The first-order chi connectivity index (χ1) is 20.9. The van der Waals surface area contributed by atoms with Gasteiger partial charge in [0, 0.05) is 40.5 Å². The first-order valence-corrected chi connectivity index (χ1v) is 14.7. The summed E-state index contributed by atoms with van der Waals surface area (Å²) in [6, 6.07) is 33.8. The van der Waals surface area contributed by atoms with Crippen molar-refractivity contribution in [3.05, 3.63) is 115 Å². The maximum Gasteiger partial charge on any atom is 2.00 e. The molecule has 44 heavy (non-hydrogen) atoms. The van der Waals surface area contributed by atoms with Crippen LogP contribution in [0, 0.1) is 12.1 Å². The number of pyridine rings is 2. The van der Waals surface area contributed by atoms with Crippen molar-refractivity contribution in [2.24, 2.45) is 0 Å². The maximum absolute atomic E-state index is 6.41. The average Bonchev–Trinajstić information content (AvgIpc) is 3.56. The summed E-state index contributed by atoms with van der Waals surface area (Å²) in [4.78, 5) is 9.67. The minimum Gasteiger partial charge on any atom is -0.510 e. The Morgan fingerprint density at radius 1 is 0.727 bits per heavy atom. The van der Waals surface area contributed by atoms with Crippen molar-refractivity contribution in [3.8, 4) is 17.3 Å². The predicted molar refractivity (Wildman–Crippen MR) is 174 cm³/mol. The summed E-state index contributed by atoms with van der Waals surface area (Å²) >= 11 is 0. The third-order valence-electron chi connectivity index (χ3n) is 8.30.